The molecule has 0 heterocycles. The molecule has 0 aromatic heterocycles. The molecular formula is C23H12O2. The van der Waals surface area contributed by atoms with Crippen molar-refractivity contribution in [1.29, 1.82) is 0 Å². The van der Waals surface area contributed by atoms with Gasteiger partial charge in [0, 0.05) is 10.8 Å². The smallest absolute Gasteiger partial charge is 0.335 e. The molecule has 0 aliphatic rings. The molecule has 0 radical (unpaired) electrons. The Kier molecular flexibility index (Phi) is 2.74. The number of fused-ring (bicyclic) bond motifs is 7. The van der Waals surface area contributed by atoms with Gasteiger partial charge in [0.05, 0.1) is 5.56 Å². The molecule has 0 saturated carbocycles. The average molecular weight is 320 g/mol. The molecule has 0 unspecified atom stereocenters. The number of carbonyl (C=O) groups is 1. The summed E-state index contributed by atoms with van der Waals surface area (Å²) in [4.78, 5) is 11.2. The van der Waals surface area contributed by atoms with Crippen LogP contribution in [0.5, 0.6) is 0 Å². The van der Waals surface area contributed by atoms with Crippen LogP contribution in [0.15, 0.2) is 66.7 Å². The van der Waals surface area contributed by atoms with E-state index in [-0.39, 0.29) is 5.56 Å². The second kappa shape index (κ2) is 4.96. The summed E-state index contributed by atoms with van der Waals surface area (Å²) in [6.45, 7) is 0. The van der Waals surface area contributed by atoms with Crippen LogP contribution in [0, 0.1) is 12.1 Å². The third-order valence-electron chi connectivity index (χ3n) is 4.80. The van der Waals surface area contributed by atoms with E-state index in [9.17, 15) is 9.90 Å². The summed E-state index contributed by atoms with van der Waals surface area (Å²) >= 11 is 0. The van der Waals surface area contributed by atoms with Crippen LogP contribution >= 0.6 is 0 Å². The molecule has 0 spiro atoms. The second-order valence-electron chi connectivity index (χ2n) is 6.19. The summed E-state index contributed by atoms with van der Waals surface area (Å²) in [5.74, 6) is -0.930. The first-order valence-electron chi connectivity index (χ1n) is 8.06. The maximum atomic E-state index is 11.2. The Labute approximate surface area is 143 Å². The van der Waals surface area contributed by atoms with Crippen molar-refractivity contribution in [1.82, 2.24) is 0 Å². The molecule has 0 atom stereocenters. The number of benzene rings is 4. The van der Waals surface area contributed by atoms with E-state index < -0.39 is 5.97 Å². The van der Waals surface area contributed by atoms with E-state index >= 15 is 0 Å². The van der Waals surface area contributed by atoms with Crippen LogP contribution in [0.25, 0.3) is 43.1 Å². The van der Waals surface area contributed by atoms with E-state index in [0.717, 1.165) is 26.9 Å². The van der Waals surface area contributed by atoms with Gasteiger partial charge in [0.1, 0.15) is 0 Å². The largest absolute Gasteiger partial charge is 0.478 e. The molecule has 0 amide bonds. The summed E-state index contributed by atoms with van der Waals surface area (Å²) in [5.41, 5.74) is 0.267. The number of carboxylic acid groups (broad SMARTS) is 1. The molecule has 5 aromatic rings. The fourth-order valence-electron chi connectivity index (χ4n) is 3.59. The predicted molar refractivity (Wildman–Crippen MR) is 101 cm³/mol. The van der Waals surface area contributed by atoms with E-state index in [4.69, 9.17) is 0 Å². The SMILES string of the molecule is O=C(O)c1ccc2c(c#cc3c2ccc2c4ccccc4ccc32)c1. The normalized spacial score (nSPS) is 11.2. The Morgan fingerprint density at radius 1 is 0.720 bits per heavy atom. The van der Waals surface area contributed by atoms with Crippen molar-refractivity contribution in [3.8, 4) is 0 Å². The van der Waals surface area contributed by atoms with E-state index in [2.05, 4.69) is 54.6 Å². The molecular weight excluding hydrogens is 308 g/mol. The zero-order chi connectivity index (χ0) is 17.0. The first-order chi connectivity index (χ1) is 12.2. The summed E-state index contributed by atoms with van der Waals surface area (Å²) < 4.78 is 0. The van der Waals surface area contributed by atoms with Crippen LogP contribution in [0.2, 0.25) is 0 Å². The molecule has 0 aliphatic heterocycles. The Balaban J connectivity index is 1.91. The van der Waals surface area contributed by atoms with Crippen molar-refractivity contribution in [2.75, 3.05) is 0 Å². The highest BCUT2D eigenvalue weighted by Gasteiger charge is 2.09. The van der Waals surface area contributed by atoms with Gasteiger partial charge in [-0.1, -0.05) is 66.7 Å². The lowest BCUT2D eigenvalue weighted by molar-refractivity contribution is 0.0697. The highest BCUT2D eigenvalue weighted by atomic mass is 16.4. The van der Waals surface area contributed by atoms with Crippen molar-refractivity contribution in [2.45, 2.75) is 0 Å². The molecule has 0 aliphatic carbocycles. The molecule has 0 fully saturated rings. The zero-order valence-electron chi connectivity index (χ0n) is 13.2. The van der Waals surface area contributed by atoms with Gasteiger partial charge in [-0.25, -0.2) is 4.79 Å². The number of carboxylic acids is 1. The number of rotatable bonds is 1. The Hall–Kier alpha value is -3.57. The van der Waals surface area contributed by atoms with Gasteiger partial charge in [0.15, 0.2) is 0 Å². The molecule has 2 nitrogen and oxygen atoms in total. The van der Waals surface area contributed by atoms with Crippen LogP contribution in [0.4, 0.5) is 0 Å². The minimum Gasteiger partial charge on any atom is -0.478 e. The second-order valence-corrected chi connectivity index (χ2v) is 6.19. The van der Waals surface area contributed by atoms with Crippen LogP contribution < -0.4 is 0 Å². The number of aromatic carboxylic acids is 1. The topological polar surface area (TPSA) is 37.3 Å². The van der Waals surface area contributed by atoms with Crippen molar-refractivity contribution in [3.63, 3.8) is 0 Å². The Morgan fingerprint density at radius 3 is 2.32 bits per heavy atom. The molecule has 2 heteroatoms. The van der Waals surface area contributed by atoms with Gasteiger partial charge in [-0.2, -0.15) is 0 Å². The van der Waals surface area contributed by atoms with Gasteiger partial charge < -0.3 is 5.11 Å². The third-order valence-corrected chi connectivity index (χ3v) is 4.80. The summed E-state index contributed by atoms with van der Waals surface area (Å²) in [7, 11) is 0. The van der Waals surface area contributed by atoms with Crippen LogP contribution in [0.3, 0.4) is 0 Å². The summed E-state index contributed by atoms with van der Waals surface area (Å²) in [6, 6.07) is 28.4. The molecule has 116 valence electrons. The summed E-state index contributed by atoms with van der Waals surface area (Å²) in [6.07, 6.45) is 0. The van der Waals surface area contributed by atoms with Crippen molar-refractivity contribution >= 4 is 49.1 Å². The lowest BCUT2D eigenvalue weighted by atomic mass is 9.95. The molecule has 0 saturated heterocycles. The fraction of sp³-hybridized carbons (Fsp3) is 0. The van der Waals surface area contributed by atoms with Crippen molar-refractivity contribution in [2.24, 2.45) is 0 Å². The van der Waals surface area contributed by atoms with Crippen molar-refractivity contribution < 1.29 is 9.90 Å². The highest BCUT2D eigenvalue weighted by molar-refractivity contribution is 6.21. The lowest BCUT2D eigenvalue weighted by Gasteiger charge is -2.08. The maximum Gasteiger partial charge on any atom is 0.335 e. The van der Waals surface area contributed by atoms with Gasteiger partial charge in [0.2, 0.25) is 0 Å². The third kappa shape index (κ3) is 1.96. The molecule has 0 bridgehead atoms. The van der Waals surface area contributed by atoms with Crippen LogP contribution in [0.1, 0.15) is 10.4 Å². The monoisotopic (exact) mass is 320 g/mol. The first-order valence-corrected chi connectivity index (χ1v) is 8.06. The number of hydrogen-bond acceptors (Lipinski definition) is 1. The quantitative estimate of drug-likeness (QED) is 0.408. The average Bonchev–Trinajstić information content (AvgIpc) is 2.66. The molecule has 1 N–H and O–H groups in total. The van der Waals surface area contributed by atoms with E-state index in [0.29, 0.717) is 0 Å². The minimum atomic E-state index is -0.930. The Morgan fingerprint density at radius 2 is 1.44 bits per heavy atom. The van der Waals surface area contributed by atoms with Gasteiger partial charge in [-0.3, -0.25) is 0 Å². The van der Waals surface area contributed by atoms with Gasteiger partial charge in [-0.15, -0.1) is 0 Å². The molecule has 25 heavy (non-hydrogen) atoms. The van der Waals surface area contributed by atoms with Gasteiger partial charge in [0.25, 0.3) is 0 Å². The van der Waals surface area contributed by atoms with Crippen LogP contribution in [-0.4, -0.2) is 11.1 Å². The lowest BCUT2D eigenvalue weighted by Crippen LogP contribution is -1.95. The van der Waals surface area contributed by atoms with Crippen LogP contribution in [-0.2, 0) is 0 Å². The predicted octanol–water partition coefficient (Wildman–Crippen LogP) is 5.60. The fourth-order valence-corrected chi connectivity index (χ4v) is 3.59. The minimum absolute atomic E-state index is 0.267. The van der Waals surface area contributed by atoms with Crippen molar-refractivity contribution in [3.05, 3.63) is 84.4 Å². The number of hydrogen-bond donors (Lipinski definition) is 1. The standard InChI is InChI=1S/C23H12O2/c24-23(25)16-7-8-18-15(13-16)6-10-22-20(18)12-11-19-17-4-2-1-3-14(17)5-9-21(19)22/h1-5,7-9,11-13H,(H,24,25). The first kappa shape index (κ1) is 13.8. The maximum absolute atomic E-state index is 11.2. The Bertz CT molecular complexity index is 1320. The van der Waals surface area contributed by atoms with Gasteiger partial charge in [-0.05, 0) is 44.5 Å². The zero-order valence-corrected chi connectivity index (χ0v) is 13.2. The van der Waals surface area contributed by atoms with Gasteiger partial charge >= 0.3 is 5.97 Å². The molecule has 5 aromatic carbocycles. The van der Waals surface area contributed by atoms with E-state index in [1.165, 1.54) is 16.2 Å². The van der Waals surface area contributed by atoms with E-state index in [1.807, 2.05) is 12.1 Å². The van der Waals surface area contributed by atoms with E-state index in [1.54, 1.807) is 12.1 Å². The molecule has 5 rings (SSSR count). The highest BCUT2D eigenvalue weighted by Crippen LogP contribution is 2.33. The summed E-state index contributed by atoms with van der Waals surface area (Å²) in [5, 5.41) is 17.8.